The molecule has 100 valence electrons. The van der Waals surface area contributed by atoms with Gasteiger partial charge in [-0.15, -0.1) is 0 Å². The molecule has 1 fully saturated rings. The van der Waals surface area contributed by atoms with Crippen molar-refractivity contribution in [1.82, 2.24) is 0 Å². The Labute approximate surface area is 115 Å². The third-order valence-corrected chi connectivity index (χ3v) is 4.69. The highest BCUT2D eigenvalue weighted by atomic mass is 79.9. The van der Waals surface area contributed by atoms with Crippen molar-refractivity contribution in [3.63, 3.8) is 0 Å². The van der Waals surface area contributed by atoms with Gasteiger partial charge in [0.15, 0.2) is 12.2 Å². The lowest BCUT2D eigenvalue weighted by Crippen LogP contribution is -2.25. The van der Waals surface area contributed by atoms with E-state index in [1.807, 2.05) is 0 Å². The maximum atomic E-state index is 12.0. The van der Waals surface area contributed by atoms with E-state index in [1.165, 1.54) is 0 Å². The Bertz CT molecular complexity index is 477. The molecular weight excluding hydrogens is 320 g/mol. The molecule has 0 spiro atoms. The zero-order chi connectivity index (χ0) is 13.0. The smallest absolute Gasteiger partial charge is 0.202 e. The molecule has 4 nitrogen and oxygen atoms in total. The number of benzene rings is 1. The summed E-state index contributed by atoms with van der Waals surface area (Å²) in [5.74, 6) is -0.334. The molecule has 1 unspecified atom stereocenters. The van der Waals surface area contributed by atoms with Gasteiger partial charge in [-0.1, -0.05) is 15.9 Å². The second kappa shape index (κ2) is 6.14. The molecule has 1 atom stereocenters. The van der Waals surface area contributed by atoms with Crippen LogP contribution in [-0.2, 0) is 19.3 Å². The van der Waals surface area contributed by atoms with Gasteiger partial charge in [0.05, 0.1) is 4.90 Å². The zero-order valence-corrected chi connectivity index (χ0v) is 12.2. The SMILES string of the molecule is O=S(=O)(COC1CCCCO1)c1ccc(Br)cc1. The minimum absolute atomic E-state index is 0.265. The Balaban J connectivity index is 1.96. The number of sulfone groups is 1. The number of rotatable bonds is 4. The van der Waals surface area contributed by atoms with Crippen molar-refractivity contribution in [3.8, 4) is 0 Å². The van der Waals surface area contributed by atoms with Gasteiger partial charge in [0.2, 0.25) is 9.84 Å². The normalized spacial score (nSPS) is 20.8. The Morgan fingerprint density at radius 2 is 2.00 bits per heavy atom. The summed E-state index contributed by atoms with van der Waals surface area (Å²) in [6.45, 7) is 0.642. The first-order valence-electron chi connectivity index (χ1n) is 5.79. The highest BCUT2D eigenvalue weighted by Crippen LogP contribution is 2.18. The van der Waals surface area contributed by atoms with Gasteiger partial charge in [-0.25, -0.2) is 8.42 Å². The molecule has 0 bridgehead atoms. The summed E-state index contributed by atoms with van der Waals surface area (Å²) in [4.78, 5) is 0.265. The van der Waals surface area contributed by atoms with E-state index in [-0.39, 0.29) is 17.1 Å². The van der Waals surface area contributed by atoms with Crippen LogP contribution in [0.1, 0.15) is 19.3 Å². The standard InChI is InChI=1S/C12H15BrO4S/c13-10-4-6-11(7-5-10)18(14,15)9-17-12-3-1-2-8-16-12/h4-7,12H,1-3,8-9H2. The molecule has 1 heterocycles. The molecule has 0 radical (unpaired) electrons. The fourth-order valence-electron chi connectivity index (χ4n) is 1.72. The molecule has 1 aliphatic rings. The van der Waals surface area contributed by atoms with E-state index in [4.69, 9.17) is 9.47 Å². The van der Waals surface area contributed by atoms with E-state index in [9.17, 15) is 8.42 Å². The van der Waals surface area contributed by atoms with E-state index in [0.717, 1.165) is 23.7 Å². The first-order valence-corrected chi connectivity index (χ1v) is 8.24. The van der Waals surface area contributed by atoms with Crippen molar-refractivity contribution in [2.45, 2.75) is 30.4 Å². The Kier molecular flexibility index (Phi) is 4.77. The number of ether oxygens (including phenoxy) is 2. The topological polar surface area (TPSA) is 52.6 Å². The molecule has 0 aliphatic carbocycles. The predicted octanol–water partition coefficient (Wildman–Crippen LogP) is 2.72. The third-order valence-electron chi connectivity index (χ3n) is 2.72. The Morgan fingerprint density at radius 3 is 2.61 bits per heavy atom. The molecule has 18 heavy (non-hydrogen) atoms. The van der Waals surface area contributed by atoms with Crippen molar-refractivity contribution < 1.29 is 17.9 Å². The van der Waals surface area contributed by atoms with E-state index in [2.05, 4.69) is 15.9 Å². The van der Waals surface area contributed by atoms with Crippen LogP contribution in [-0.4, -0.2) is 27.3 Å². The number of halogens is 1. The molecule has 6 heteroatoms. The van der Waals surface area contributed by atoms with Crippen molar-refractivity contribution in [1.29, 1.82) is 0 Å². The lowest BCUT2D eigenvalue weighted by Gasteiger charge is -2.22. The molecular formula is C12H15BrO4S. The Hall–Kier alpha value is -0.430. The van der Waals surface area contributed by atoms with Crippen LogP contribution in [0.3, 0.4) is 0 Å². The molecule has 0 aromatic heterocycles. The van der Waals surface area contributed by atoms with Crippen LogP contribution >= 0.6 is 15.9 Å². The molecule has 0 saturated carbocycles. The monoisotopic (exact) mass is 334 g/mol. The fourth-order valence-corrected chi connectivity index (χ4v) is 3.00. The summed E-state index contributed by atoms with van der Waals surface area (Å²) in [7, 11) is -3.40. The van der Waals surface area contributed by atoms with E-state index in [1.54, 1.807) is 24.3 Å². The quantitative estimate of drug-likeness (QED) is 0.849. The summed E-state index contributed by atoms with van der Waals surface area (Å²) in [5.41, 5.74) is 0. The summed E-state index contributed by atoms with van der Waals surface area (Å²) in [5, 5.41) is 0. The lowest BCUT2D eigenvalue weighted by atomic mass is 10.2. The lowest BCUT2D eigenvalue weighted by molar-refractivity contribution is -0.150. The minimum atomic E-state index is -3.40. The van der Waals surface area contributed by atoms with E-state index < -0.39 is 9.84 Å². The van der Waals surface area contributed by atoms with Crippen LogP contribution in [0.5, 0.6) is 0 Å². The van der Waals surface area contributed by atoms with Gasteiger partial charge in [-0.2, -0.15) is 0 Å². The third kappa shape index (κ3) is 3.78. The van der Waals surface area contributed by atoms with Gasteiger partial charge in [0.25, 0.3) is 0 Å². The van der Waals surface area contributed by atoms with Crippen molar-refractivity contribution in [3.05, 3.63) is 28.7 Å². The van der Waals surface area contributed by atoms with Gasteiger partial charge in [-0.3, -0.25) is 0 Å². The largest absolute Gasteiger partial charge is 0.353 e. The fraction of sp³-hybridized carbons (Fsp3) is 0.500. The van der Waals surface area contributed by atoms with E-state index >= 15 is 0 Å². The van der Waals surface area contributed by atoms with Crippen molar-refractivity contribution in [2.24, 2.45) is 0 Å². The van der Waals surface area contributed by atoms with Gasteiger partial charge in [0, 0.05) is 11.1 Å². The molecule has 0 N–H and O–H groups in total. The van der Waals surface area contributed by atoms with Crippen LogP contribution in [0.2, 0.25) is 0 Å². The predicted molar refractivity (Wildman–Crippen MR) is 70.9 cm³/mol. The highest BCUT2D eigenvalue weighted by molar-refractivity contribution is 9.10. The average molecular weight is 335 g/mol. The first-order chi connectivity index (χ1) is 8.58. The van der Waals surface area contributed by atoms with Crippen molar-refractivity contribution in [2.75, 3.05) is 12.5 Å². The summed E-state index contributed by atoms with van der Waals surface area (Å²) in [6, 6.07) is 6.52. The molecule has 1 aliphatic heterocycles. The van der Waals surface area contributed by atoms with Crippen LogP contribution in [0.4, 0.5) is 0 Å². The molecule has 1 aromatic rings. The molecule has 2 rings (SSSR count). The minimum Gasteiger partial charge on any atom is -0.353 e. The maximum Gasteiger partial charge on any atom is 0.202 e. The van der Waals surface area contributed by atoms with Gasteiger partial charge >= 0.3 is 0 Å². The molecule has 0 amide bonds. The summed E-state index contributed by atoms with van der Waals surface area (Å²) < 4.78 is 35.5. The highest BCUT2D eigenvalue weighted by Gasteiger charge is 2.20. The summed E-state index contributed by atoms with van der Waals surface area (Å²) >= 11 is 3.27. The van der Waals surface area contributed by atoms with Gasteiger partial charge in [-0.05, 0) is 43.5 Å². The first kappa shape index (κ1) is 14.0. The maximum absolute atomic E-state index is 12.0. The summed E-state index contributed by atoms with van der Waals surface area (Å²) in [6.07, 6.45) is 2.40. The number of hydrogen-bond acceptors (Lipinski definition) is 4. The molecule has 1 aromatic carbocycles. The van der Waals surface area contributed by atoms with Gasteiger partial charge in [0.1, 0.15) is 0 Å². The van der Waals surface area contributed by atoms with Crippen LogP contribution in [0, 0.1) is 0 Å². The van der Waals surface area contributed by atoms with Gasteiger partial charge < -0.3 is 9.47 Å². The van der Waals surface area contributed by atoms with Crippen LogP contribution in [0.25, 0.3) is 0 Å². The second-order valence-corrected chi connectivity index (χ2v) is 7.00. The average Bonchev–Trinajstić information content (AvgIpc) is 2.38. The number of hydrogen-bond donors (Lipinski definition) is 0. The van der Waals surface area contributed by atoms with Crippen LogP contribution in [0.15, 0.2) is 33.6 Å². The van der Waals surface area contributed by atoms with Crippen LogP contribution < -0.4 is 0 Å². The molecule has 1 saturated heterocycles. The second-order valence-electron chi connectivity index (χ2n) is 4.15. The zero-order valence-electron chi connectivity index (χ0n) is 9.84. The van der Waals surface area contributed by atoms with E-state index in [0.29, 0.717) is 6.61 Å². The van der Waals surface area contributed by atoms with Crippen molar-refractivity contribution >= 4 is 25.8 Å². The Morgan fingerprint density at radius 1 is 1.28 bits per heavy atom.